The zero-order valence-corrected chi connectivity index (χ0v) is 8.47. The minimum absolute atomic E-state index is 0.0462. The Labute approximate surface area is 83.9 Å². The molecule has 2 rings (SSSR count). The Balaban J connectivity index is 2.31. The van der Waals surface area contributed by atoms with Crippen molar-refractivity contribution in [2.75, 3.05) is 20.7 Å². The lowest BCUT2D eigenvalue weighted by atomic mass is 9.99. The lowest BCUT2D eigenvalue weighted by Crippen LogP contribution is -2.41. The number of para-hydroxylation sites is 1. The summed E-state index contributed by atoms with van der Waals surface area (Å²) >= 11 is 0. The normalized spacial score (nSPS) is 25.7. The van der Waals surface area contributed by atoms with Gasteiger partial charge >= 0.3 is 0 Å². The van der Waals surface area contributed by atoms with E-state index >= 15 is 0 Å². The van der Waals surface area contributed by atoms with Gasteiger partial charge in [-0.25, -0.2) is 0 Å². The Hall–Kier alpha value is -1.06. The van der Waals surface area contributed by atoms with Gasteiger partial charge in [0, 0.05) is 5.56 Å². The number of hydrogen-bond donors (Lipinski definition) is 1. The third kappa shape index (κ3) is 1.49. The van der Waals surface area contributed by atoms with Crippen molar-refractivity contribution in [1.82, 2.24) is 4.90 Å². The van der Waals surface area contributed by atoms with Gasteiger partial charge in [-0.15, -0.1) is 0 Å². The number of rotatable bonds is 1. The number of fused-ring (bicyclic) bond motifs is 1. The second-order valence-corrected chi connectivity index (χ2v) is 3.82. The number of likely N-dealkylation sites (N-methyl/N-ethyl adjacent to an activating group) is 1. The van der Waals surface area contributed by atoms with Crippen LogP contribution in [0.5, 0.6) is 5.75 Å². The van der Waals surface area contributed by atoms with Crippen molar-refractivity contribution in [3.8, 4) is 5.75 Å². The minimum atomic E-state index is -0.449. The van der Waals surface area contributed by atoms with Crippen LogP contribution in [0.2, 0.25) is 0 Å². The SMILES string of the molecule is CN(C)C1COc2ccccc2C1O. The van der Waals surface area contributed by atoms with Gasteiger partial charge in [0.25, 0.3) is 0 Å². The van der Waals surface area contributed by atoms with Crippen molar-refractivity contribution in [2.24, 2.45) is 0 Å². The standard InChI is InChI=1S/C11H15NO2/c1-12(2)9-7-14-10-6-4-3-5-8(10)11(9)13/h3-6,9,11,13H,7H2,1-2H3. The van der Waals surface area contributed by atoms with Crippen LogP contribution in [0.15, 0.2) is 24.3 Å². The minimum Gasteiger partial charge on any atom is -0.491 e. The summed E-state index contributed by atoms with van der Waals surface area (Å²) < 4.78 is 5.57. The summed E-state index contributed by atoms with van der Waals surface area (Å²) in [6.45, 7) is 0.547. The molecular formula is C11H15NO2. The van der Waals surface area contributed by atoms with E-state index in [9.17, 15) is 5.11 Å². The van der Waals surface area contributed by atoms with Crippen LogP contribution in [0.25, 0.3) is 0 Å². The molecule has 1 N–H and O–H groups in total. The van der Waals surface area contributed by atoms with E-state index in [1.165, 1.54) is 0 Å². The van der Waals surface area contributed by atoms with E-state index in [1.807, 2.05) is 43.3 Å². The molecule has 0 aromatic heterocycles. The molecule has 1 aliphatic rings. The van der Waals surface area contributed by atoms with Crippen molar-refractivity contribution in [1.29, 1.82) is 0 Å². The number of hydrogen-bond acceptors (Lipinski definition) is 3. The fourth-order valence-corrected chi connectivity index (χ4v) is 1.76. The first kappa shape index (κ1) is 9.49. The molecular weight excluding hydrogens is 178 g/mol. The van der Waals surface area contributed by atoms with Crippen LogP contribution in [-0.2, 0) is 0 Å². The van der Waals surface area contributed by atoms with Gasteiger partial charge in [-0.2, -0.15) is 0 Å². The average molecular weight is 193 g/mol. The first-order valence-corrected chi connectivity index (χ1v) is 4.76. The number of benzene rings is 1. The molecule has 76 valence electrons. The molecule has 0 spiro atoms. The maximum Gasteiger partial charge on any atom is 0.125 e. The molecule has 1 aromatic carbocycles. The summed E-state index contributed by atoms with van der Waals surface area (Å²) in [6.07, 6.45) is -0.449. The van der Waals surface area contributed by atoms with E-state index in [2.05, 4.69) is 0 Å². The molecule has 0 radical (unpaired) electrons. The first-order valence-electron chi connectivity index (χ1n) is 4.76. The topological polar surface area (TPSA) is 32.7 Å². The second kappa shape index (κ2) is 3.59. The molecule has 1 aromatic rings. The third-order valence-electron chi connectivity index (χ3n) is 2.68. The fourth-order valence-electron chi connectivity index (χ4n) is 1.76. The van der Waals surface area contributed by atoms with Gasteiger partial charge in [-0.1, -0.05) is 18.2 Å². The van der Waals surface area contributed by atoms with Crippen molar-refractivity contribution in [3.63, 3.8) is 0 Å². The summed E-state index contributed by atoms with van der Waals surface area (Å²) in [5, 5.41) is 10.1. The van der Waals surface area contributed by atoms with E-state index in [-0.39, 0.29) is 6.04 Å². The lowest BCUT2D eigenvalue weighted by molar-refractivity contribution is 0.0258. The highest BCUT2D eigenvalue weighted by molar-refractivity contribution is 5.37. The van der Waals surface area contributed by atoms with Crippen LogP contribution in [-0.4, -0.2) is 36.8 Å². The molecule has 3 heteroatoms. The monoisotopic (exact) mass is 193 g/mol. The molecule has 0 fully saturated rings. The van der Waals surface area contributed by atoms with Gasteiger partial charge in [0.1, 0.15) is 18.5 Å². The highest BCUT2D eigenvalue weighted by Gasteiger charge is 2.30. The highest BCUT2D eigenvalue weighted by Crippen LogP contribution is 2.32. The van der Waals surface area contributed by atoms with Crippen molar-refractivity contribution in [2.45, 2.75) is 12.1 Å². The molecule has 0 amide bonds. The summed E-state index contributed by atoms with van der Waals surface area (Å²) in [4.78, 5) is 1.99. The van der Waals surface area contributed by atoms with Crippen LogP contribution in [0.1, 0.15) is 11.7 Å². The van der Waals surface area contributed by atoms with Gasteiger partial charge in [-0.3, -0.25) is 0 Å². The molecule has 1 aliphatic heterocycles. The van der Waals surface area contributed by atoms with E-state index < -0.39 is 6.10 Å². The maximum absolute atomic E-state index is 10.1. The van der Waals surface area contributed by atoms with Crippen molar-refractivity contribution < 1.29 is 9.84 Å². The highest BCUT2D eigenvalue weighted by atomic mass is 16.5. The van der Waals surface area contributed by atoms with Gasteiger partial charge in [0.05, 0.1) is 6.04 Å². The van der Waals surface area contributed by atoms with Crippen molar-refractivity contribution in [3.05, 3.63) is 29.8 Å². The first-order chi connectivity index (χ1) is 6.70. The van der Waals surface area contributed by atoms with Crippen LogP contribution in [0.3, 0.4) is 0 Å². The van der Waals surface area contributed by atoms with Crippen molar-refractivity contribution >= 4 is 0 Å². The predicted molar refractivity (Wildman–Crippen MR) is 54.4 cm³/mol. The Kier molecular flexibility index (Phi) is 2.44. The number of ether oxygens (including phenoxy) is 1. The Morgan fingerprint density at radius 1 is 1.36 bits per heavy atom. The fraction of sp³-hybridized carbons (Fsp3) is 0.455. The molecule has 3 nitrogen and oxygen atoms in total. The van der Waals surface area contributed by atoms with Gasteiger partial charge in [0.2, 0.25) is 0 Å². The van der Waals surface area contributed by atoms with E-state index in [0.29, 0.717) is 6.61 Å². The zero-order chi connectivity index (χ0) is 10.1. The third-order valence-corrected chi connectivity index (χ3v) is 2.68. The number of nitrogens with zero attached hydrogens (tertiary/aromatic N) is 1. The van der Waals surface area contributed by atoms with E-state index in [4.69, 9.17) is 4.74 Å². The Morgan fingerprint density at radius 3 is 2.79 bits per heavy atom. The number of aliphatic hydroxyl groups is 1. The van der Waals surface area contributed by atoms with Gasteiger partial charge in [-0.05, 0) is 20.2 Å². The van der Waals surface area contributed by atoms with Crippen LogP contribution < -0.4 is 4.74 Å². The molecule has 0 saturated carbocycles. The Bertz CT molecular complexity index is 325. The quantitative estimate of drug-likeness (QED) is 0.723. The molecule has 2 atom stereocenters. The zero-order valence-electron chi connectivity index (χ0n) is 8.47. The summed E-state index contributed by atoms with van der Waals surface area (Å²) in [5.41, 5.74) is 0.887. The molecule has 0 bridgehead atoms. The summed E-state index contributed by atoms with van der Waals surface area (Å²) in [7, 11) is 3.90. The molecule has 2 unspecified atom stereocenters. The molecule has 14 heavy (non-hydrogen) atoms. The van der Waals surface area contributed by atoms with E-state index in [1.54, 1.807) is 0 Å². The largest absolute Gasteiger partial charge is 0.491 e. The van der Waals surface area contributed by atoms with E-state index in [0.717, 1.165) is 11.3 Å². The smallest absolute Gasteiger partial charge is 0.125 e. The predicted octanol–water partition coefficient (Wildman–Crippen LogP) is 1.04. The van der Waals surface area contributed by atoms with Crippen LogP contribution in [0.4, 0.5) is 0 Å². The lowest BCUT2D eigenvalue weighted by Gasteiger charge is -2.34. The molecule has 0 saturated heterocycles. The number of aliphatic hydroxyl groups excluding tert-OH is 1. The summed E-state index contributed by atoms with van der Waals surface area (Å²) in [5.74, 6) is 0.804. The van der Waals surface area contributed by atoms with Crippen LogP contribution in [0, 0.1) is 0 Å². The van der Waals surface area contributed by atoms with Crippen LogP contribution >= 0.6 is 0 Å². The van der Waals surface area contributed by atoms with Gasteiger partial charge < -0.3 is 14.7 Å². The summed E-state index contributed by atoms with van der Waals surface area (Å²) in [6, 6.07) is 7.69. The maximum atomic E-state index is 10.1. The second-order valence-electron chi connectivity index (χ2n) is 3.82. The Morgan fingerprint density at radius 2 is 2.07 bits per heavy atom. The van der Waals surface area contributed by atoms with Gasteiger partial charge in [0.15, 0.2) is 0 Å². The molecule has 1 heterocycles. The average Bonchev–Trinajstić information content (AvgIpc) is 2.18. The molecule has 0 aliphatic carbocycles.